The number of amides is 2. The molecule has 0 atom stereocenters. The van der Waals surface area contributed by atoms with Crippen LogP contribution in [-0.2, 0) is 11.2 Å². The van der Waals surface area contributed by atoms with Crippen molar-refractivity contribution in [2.45, 2.75) is 51.6 Å². The molecule has 8 nitrogen and oxygen atoms in total. The van der Waals surface area contributed by atoms with Gasteiger partial charge in [0, 0.05) is 49.2 Å². The van der Waals surface area contributed by atoms with E-state index in [2.05, 4.69) is 20.3 Å². The molecule has 0 aromatic carbocycles. The minimum Gasteiger partial charge on any atom is -0.444 e. The number of hydrogen-bond acceptors (Lipinski definition) is 6. The molecule has 1 aliphatic heterocycles. The number of nitrogens with zero attached hydrogens (tertiary/aromatic N) is 3. The van der Waals surface area contributed by atoms with Crippen LogP contribution in [0.4, 0.5) is 4.79 Å². The first kappa shape index (κ1) is 20.3. The van der Waals surface area contributed by atoms with E-state index in [9.17, 15) is 9.59 Å². The van der Waals surface area contributed by atoms with Crippen LogP contribution >= 0.6 is 11.3 Å². The second kappa shape index (κ2) is 8.72. The Hall–Kier alpha value is -2.42. The Morgan fingerprint density at radius 3 is 2.75 bits per heavy atom. The summed E-state index contributed by atoms with van der Waals surface area (Å²) in [6.07, 6.45) is 5.46. The normalized spacial score (nSPS) is 15.5. The lowest BCUT2D eigenvalue weighted by Crippen LogP contribution is -2.41. The van der Waals surface area contributed by atoms with Crippen LogP contribution in [-0.4, -0.2) is 57.1 Å². The summed E-state index contributed by atoms with van der Waals surface area (Å²) in [5.41, 5.74) is 0.957. The van der Waals surface area contributed by atoms with Crippen LogP contribution in [0.3, 0.4) is 0 Å². The third kappa shape index (κ3) is 5.54. The molecule has 2 amide bonds. The fourth-order valence-electron chi connectivity index (χ4n) is 3.04. The summed E-state index contributed by atoms with van der Waals surface area (Å²) in [6, 6.07) is 0. The van der Waals surface area contributed by atoms with Crippen LogP contribution in [0.15, 0.2) is 17.9 Å². The number of ether oxygens (including phenoxy) is 1. The molecule has 0 bridgehead atoms. The van der Waals surface area contributed by atoms with Crippen molar-refractivity contribution in [2.24, 2.45) is 0 Å². The third-order valence-corrected chi connectivity index (χ3v) is 5.49. The number of aromatic amines is 1. The predicted molar refractivity (Wildman–Crippen MR) is 107 cm³/mol. The molecule has 3 rings (SSSR count). The maximum absolute atomic E-state index is 12.3. The zero-order valence-corrected chi connectivity index (χ0v) is 17.3. The molecule has 3 heterocycles. The lowest BCUT2D eigenvalue weighted by Gasteiger charge is -2.32. The molecule has 0 aliphatic carbocycles. The minimum atomic E-state index is -0.483. The Kier molecular flexibility index (Phi) is 6.33. The SMILES string of the molecule is CC(C)(C)OC(=O)N1CCC(c2nc(C(=O)NCCc3cnc[nH]3)cs2)CC1. The zero-order valence-electron chi connectivity index (χ0n) is 16.5. The summed E-state index contributed by atoms with van der Waals surface area (Å²) in [4.78, 5) is 37.7. The van der Waals surface area contributed by atoms with Crippen molar-refractivity contribution in [1.29, 1.82) is 0 Å². The minimum absolute atomic E-state index is 0.159. The molecule has 2 aromatic rings. The van der Waals surface area contributed by atoms with Crippen LogP contribution in [0.1, 0.15) is 60.7 Å². The van der Waals surface area contributed by atoms with Crippen molar-refractivity contribution in [2.75, 3.05) is 19.6 Å². The largest absolute Gasteiger partial charge is 0.444 e. The van der Waals surface area contributed by atoms with Gasteiger partial charge in [0.15, 0.2) is 0 Å². The fourth-order valence-corrected chi connectivity index (χ4v) is 4.01. The van der Waals surface area contributed by atoms with E-state index < -0.39 is 5.60 Å². The number of imidazole rings is 1. The summed E-state index contributed by atoms with van der Waals surface area (Å²) in [5.74, 6) is 0.114. The lowest BCUT2D eigenvalue weighted by molar-refractivity contribution is 0.0205. The molecule has 0 unspecified atom stereocenters. The molecule has 152 valence electrons. The number of carbonyl (C=O) groups is 2. The van der Waals surface area contributed by atoms with Gasteiger partial charge >= 0.3 is 6.09 Å². The number of rotatable bonds is 5. The zero-order chi connectivity index (χ0) is 20.1. The molecule has 1 aliphatic rings. The van der Waals surface area contributed by atoms with E-state index in [1.54, 1.807) is 22.8 Å². The Morgan fingerprint density at radius 1 is 1.36 bits per heavy atom. The van der Waals surface area contributed by atoms with Gasteiger partial charge in [0.2, 0.25) is 0 Å². The summed E-state index contributed by atoms with van der Waals surface area (Å²) >= 11 is 1.51. The average Bonchev–Trinajstić information content (AvgIpc) is 3.32. The first-order valence-electron chi connectivity index (χ1n) is 9.50. The molecule has 28 heavy (non-hydrogen) atoms. The molecule has 0 radical (unpaired) electrons. The van der Waals surface area contributed by atoms with Gasteiger partial charge in [-0.2, -0.15) is 0 Å². The quantitative estimate of drug-likeness (QED) is 0.797. The molecule has 2 N–H and O–H groups in total. The number of piperidine rings is 1. The number of nitrogens with one attached hydrogen (secondary N) is 2. The van der Waals surface area contributed by atoms with Crippen molar-refractivity contribution in [3.63, 3.8) is 0 Å². The van der Waals surface area contributed by atoms with Crippen molar-refractivity contribution in [3.05, 3.63) is 34.3 Å². The summed E-state index contributed by atoms with van der Waals surface area (Å²) in [6.45, 7) is 7.43. The van der Waals surface area contributed by atoms with Crippen molar-refractivity contribution in [1.82, 2.24) is 25.2 Å². The molecule has 1 saturated heterocycles. The van der Waals surface area contributed by atoms with E-state index in [1.165, 1.54) is 11.3 Å². The van der Waals surface area contributed by atoms with Gasteiger partial charge in [0.25, 0.3) is 5.91 Å². The number of aromatic nitrogens is 3. The predicted octanol–water partition coefficient (Wildman–Crippen LogP) is 2.95. The highest BCUT2D eigenvalue weighted by Gasteiger charge is 2.29. The van der Waals surface area contributed by atoms with Crippen LogP contribution in [0.25, 0.3) is 0 Å². The molecule has 2 aromatic heterocycles. The van der Waals surface area contributed by atoms with Crippen LogP contribution in [0.2, 0.25) is 0 Å². The van der Waals surface area contributed by atoms with Crippen molar-refractivity contribution >= 4 is 23.3 Å². The van der Waals surface area contributed by atoms with Gasteiger partial charge in [0.05, 0.1) is 11.3 Å². The Morgan fingerprint density at radius 2 is 2.11 bits per heavy atom. The highest BCUT2D eigenvalue weighted by Crippen LogP contribution is 2.30. The van der Waals surface area contributed by atoms with Gasteiger partial charge in [-0.25, -0.2) is 14.8 Å². The van der Waals surface area contributed by atoms with E-state index in [0.717, 1.165) is 23.5 Å². The second-order valence-electron chi connectivity index (χ2n) is 7.90. The average molecular weight is 406 g/mol. The third-order valence-electron chi connectivity index (χ3n) is 4.49. The molecular formula is C19H27N5O3S. The maximum atomic E-state index is 12.3. The van der Waals surface area contributed by atoms with Gasteiger partial charge < -0.3 is 19.9 Å². The van der Waals surface area contributed by atoms with Gasteiger partial charge in [-0.15, -0.1) is 11.3 Å². The van der Waals surface area contributed by atoms with Crippen LogP contribution in [0.5, 0.6) is 0 Å². The van der Waals surface area contributed by atoms with E-state index in [4.69, 9.17) is 4.74 Å². The monoisotopic (exact) mass is 405 g/mol. The van der Waals surface area contributed by atoms with E-state index in [1.807, 2.05) is 20.8 Å². The standard InChI is InChI=1S/C19H27N5O3S/c1-19(2,3)27-18(26)24-8-5-13(6-9-24)17-23-15(11-28-17)16(25)21-7-4-14-10-20-12-22-14/h10-13H,4-9H2,1-3H3,(H,20,22)(H,21,25). The number of H-pyrrole nitrogens is 1. The number of hydrogen-bond donors (Lipinski definition) is 2. The number of likely N-dealkylation sites (tertiary alicyclic amines) is 1. The summed E-state index contributed by atoms with van der Waals surface area (Å²) in [7, 11) is 0. The fraction of sp³-hybridized carbons (Fsp3) is 0.579. The van der Waals surface area contributed by atoms with E-state index in [-0.39, 0.29) is 17.9 Å². The Bertz CT molecular complexity index is 789. The number of carbonyl (C=O) groups excluding carboxylic acids is 2. The smallest absolute Gasteiger partial charge is 0.410 e. The molecule has 0 saturated carbocycles. The van der Waals surface area contributed by atoms with Crippen LogP contribution in [0, 0.1) is 0 Å². The molecule has 1 fully saturated rings. The maximum Gasteiger partial charge on any atom is 0.410 e. The molecule has 0 spiro atoms. The second-order valence-corrected chi connectivity index (χ2v) is 8.79. The highest BCUT2D eigenvalue weighted by molar-refractivity contribution is 7.09. The van der Waals surface area contributed by atoms with Gasteiger partial charge in [-0.1, -0.05) is 0 Å². The van der Waals surface area contributed by atoms with Gasteiger partial charge in [-0.3, -0.25) is 4.79 Å². The first-order valence-corrected chi connectivity index (χ1v) is 10.4. The summed E-state index contributed by atoms with van der Waals surface area (Å²) in [5, 5.41) is 5.65. The van der Waals surface area contributed by atoms with Crippen molar-refractivity contribution < 1.29 is 14.3 Å². The number of thiazole rings is 1. The lowest BCUT2D eigenvalue weighted by atomic mass is 9.98. The van der Waals surface area contributed by atoms with Gasteiger partial charge in [0.1, 0.15) is 11.3 Å². The van der Waals surface area contributed by atoms with Crippen molar-refractivity contribution in [3.8, 4) is 0 Å². The van der Waals surface area contributed by atoms with Gasteiger partial charge in [-0.05, 0) is 33.6 Å². The molecule has 9 heteroatoms. The highest BCUT2D eigenvalue weighted by atomic mass is 32.1. The molecular weight excluding hydrogens is 378 g/mol. The van der Waals surface area contributed by atoms with E-state index in [0.29, 0.717) is 31.7 Å². The first-order chi connectivity index (χ1) is 13.3. The van der Waals surface area contributed by atoms with Crippen LogP contribution < -0.4 is 5.32 Å². The van der Waals surface area contributed by atoms with E-state index >= 15 is 0 Å². The summed E-state index contributed by atoms with van der Waals surface area (Å²) < 4.78 is 5.43. The Labute approximate surface area is 168 Å². The topological polar surface area (TPSA) is 100 Å². The Balaban J connectivity index is 1.46.